The molecule has 29 heavy (non-hydrogen) atoms. The van der Waals surface area contributed by atoms with E-state index in [1.165, 1.54) is 17.5 Å². The molecular formula is C23H28N2O4. The molecule has 1 atom stereocenters. The number of amides is 2. The van der Waals surface area contributed by atoms with Gasteiger partial charge < -0.3 is 20.1 Å². The number of methoxy groups -OCH3 is 1. The first-order valence-electron chi connectivity index (χ1n) is 10.0. The van der Waals surface area contributed by atoms with Crippen molar-refractivity contribution in [1.29, 1.82) is 0 Å². The van der Waals surface area contributed by atoms with Crippen LogP contribution in [0.5, 0.6) is 5.75 Å². The third kappa shape index (κ3) is 5.35. The standard InChI is InChI=1S/C23H28N2O4/c1-16(29-21-13-7-9-17-8-3-4-10-18(17)21)22(26)25-20-12-6-5-11-19(20)23(27)24-14-15-28-2/h5-7,9,11-13,16H,3-4,8,10,14-15H2,1-2H3,(H,24,27)(H,25,26)/t16-/m1/s1. The summed E-state index contributed by atoms with van der Waals surface area (Å²) in [4.78, 5) is 25.1. The lowest BCUT2D eigenvalue weighted by atomic mass is 9.91. The Hall–Kier alpha value is -2.86. The van der Waals surface area contributed by atoms with Gasteiger partial charge in [-0.1, -0.05) is 24.3 Å². The zero-order valence-electron chi connectivity index (χ0n) is 17.0. The first-order valence-corrected chi connectivity index (χ1v) is 10.0. The average Bonchev–Trinajstić information content (AvgIpc) is 2.74. The van der Waals surface area contributed by atoms with Crippen LogP contribution in [0, 0.1) is 0 Å². The van der Waals surface area contributed by atoms with E-state index < -0.39 is 6.10 Å². The van der Waals surface area contributed by atoms with Crippen molar-refractivity contribution in [1.82, 2.24) is 5.32 Å². The first kappa shape index (κ1) is 20.9. The van der Waals surface area contributed by atoms with Crippen LogP contribution in [0.15, 0.2) is 42.5 Å². The largest absolute Gasteiger partial charge is 0.481 e. The van der Waals surface area contributed by atoms with E-state index in [0.29, 0.717) is 24.4 Å². The summed E-state index contributed by atoms with van der Waals surface area (Å²) in [6, 6.07) is 13.0. The van der Waals surface area contributed by atoms with E-state index in [4.69, 9.17) is 9.47 Å². The maximum absolute atomic E-state index is 12.7. The van der Waals surface area contributed by atoms with E-state index in [1.54, 1.807) is 38.3 Å². The van der Waals surface area contributed by atoms with Gasteiger partial charge in [-0.05, 0) is 61.9 Å². The molecule has 1 aliphatic rings. The minimum atomic E-state index is -0.687. The van der Waals surface area contributed by atoms with Crippen LogP contribution in [0.4, 0.5) is 5.69 Å². The first-order chi connectivity index (χ1) is 14.1. The van der Waals surface area contributed by atoms with Crippen molar-refractivity contribution >= 4 is 17.5 Å². The molecule has 3 rings (SSSR count). The number of nitrogens with one attached hydrogen (secondary N) is 2. The fourth-order valence-corrected chi connectivity index (χ4v) is 3.49. The van der Waals surface area contributed by atoms with Crippen LogP contribution in [0.2, 0.25) is 0 Å². The maximum Gasteiger partial charge on any atom is 0.265 e. The zero-order chi connectivity index (χ0) is 20.6. The molecular weight excluding hydrogens is 368 g/mol. The number of aryl methyl sites for hydroxylation is 1. The van der Waals surface area contributed by atoms with Crippen LogP contribution in [0.3, 0.4) is 0 Å². The summed E-state index contributed by atoms with van der Waals surface area (Å²) in [6.45, 7) is 2.54. The molecule has 0 heterocycles. The number of rotatable bonds is 8. The third-order valence-electron chi connectivity index (χ3n) is 5.05. The fourth-order valence-electron chi connectivity index (χ4n) is 3.49. The summed E-state index contributed by atoms with van der Waals surface area (Å²) in [7, 11) is 1.57. The number of anilines is 1. The van der Waals surface area contributed by atoms with Gasteiger partial charge in [0.25, 0.3) is 11.8 Å². The van der Waals surface area contributed by atoms with Crippen molar-refractivity contribution in [2.45, 2.75) is 38.7 Å². The van der Waals surface area contributed by atoms with Crippen molar-refractivity contribution in [2.24, 2.45) is 0 Å². The predicted molar refractivity (Wildman–Crippen MR) is 112 cm³/mol. The molecule has 6 heteroatoms. The van der Waals surface area contributed by atoms with Crippen LogP contribution in [0.25, 0.3) is 0 Å². The van der Waals surface area contributed by atoms with Gasteiger partial charge in [-0.3, -0.25) is 9.59 Å². The average molecular weight is 396 g/mol. The van der Waals surface area contributed by atoms with Gasteiger partial charge in [0, 0.05) is 13.7 Å². The summed E-state index contributed by atoms with van der Waals surface area (Å²) in [5, 5.41) is 5.60. The Balaban J connectivity index is 1.67. The molecule has 2 amide bonds. The Labute approximate surface area is 171 Å². The van der Waals surface area contributed by atoms with Gasteiger partial charge in [-0.2, -0.15) is 0 Å². The minimum Gasteiger partial charge on any atom is -0.481 e. The molecule has 154 valence electrons. The molecule has 2 aromatic rings. The van der Waals surface area contributed by atoms with Crippen LogP contribution < -0.4 is 15.4 Å². The van der Waals surface area contributed by atoms with Crippen LogP contribution in [-0.2, 0) is 22.4 Å². The van der Waals surface area contributed by atoms with Crippen molar-refractivity contribution in [3.05, 3.63) is 59.2 Å². The normalized spacial score (nSPS) is 13.9. The second-order valence-corrected chi connectivity index (χ2v) is 7.14. The smallest absolute Gasteiger partial charge is 0.265 e. The highest BCUT2D eigenvalue weighted by molar-refractivity contribution is 6.04. The monoisotopic (exact) mass is 396 g/mol. The number of hydrogen-bond donors (Lipinski definition) is 2. The van der Waals surface area contributed by atoms with Crippen molar-refractivity contribution < 1.29 is 19.1 Å². The molecule has 6 nitrogen and oxygen atoms in total. The van der Waals surface area contributed by atoms with Gasteiger partial charge in [0.2, 0.25) is 0 Å². The fraction of sp³-hybridized carbons (Fsp3) is 0.391. The lowest BCUT2D eigenvalue weighted by molar-refractivity contribution is -0.122. The summed E-state index contributed by atoms with van der Waals surface area (Å²) < 4.78 is 10.9. The minimum absolute atomic E-state index is 0.261. The summed E-state index contributed by atoms with van der Waals surface area (Å²) in [5.74, 6) is 0.217. The Morgan fingerprint density at radius 2 is 1.86 bits per heavy atom. The molecule has 0 saturated carbocycles. The molecule has 0 aliphatic heterocycles. The number of ether oxygens (including phenoxy) is 2. The molecule has 0 saturated heterocycles. The highest BCUT2D eigenvalue weighted by Crippen LogP contribution is 2.30. The number of carbonyl (C=O) groups excluding carboxylic acids is 2. The Morgan fingerprint density at radius 3 is 2.69 bits per heavy atom. The zero-order valence-corrected chi connectivity index (χ0v) is 17.0. The molecule has 2 N–H and O–H groups in total. The lowest BCUT2D eigenvalue weighted by Gasteiger charge is -2.22. The lowest BCUT2D eigenvalue weighted by Crippen LogP contribution is -2.32. The van der Waals surface area contributed by atoms with Crippen molar-refractivity contribution in [3.63, 3.8) is 0 Å². The van der Waals surface area contributed by atoms with E-state index in [0.717, 1.165) is 25.0 Å². The van der Waals surface area contributed by atoms with E-state index in [2.05, 4.69) is 16.7 Å². The highest BCUT2D eigenvalue weighted by Gasteiger charge is 2.21. The SMILES string of the molecule is COCCNC(=O)c1ccccc1NC(=O)[C@@H](C)Oc1cccc2c1CCCC2. The molecule has 0 spiro atoms. The van der Waals surface area contributed by atoms with Gasteiger partial charge in [-0.25, -0.2) is 0 Å². The van der Waals surface area contributed by atoms with E-state index in [1.807, 2.05) is 12.1 Å². The molecule has 0 fully saturated rings. The number of para-hydroxylation sites is 1. The van der Waals surface area contributed by atoms with Crippen LogP contribution in [0.1, 0.15) is 41.3 Å². The molecule has 2 aromatic carbocycles. The molecule has 0 unspecified atom stereocenters. The number of carbonyl (C=O) groups is 2. The van der Waals surface area contributed by atoms with Crippen LogP contribution in [-0.4, -0.2) is 38.2 Å². The molecule has 0 radical (unpaired) electrons. The molecule has 1 aliphatic carbocycles. The van der Waals surface area contributed by atoms with Crippen molar-refractivity contribution in [2.75, 3.05) is 25.6 Å². The van der Waals surface area contributed by atoms with E-state index in [9.17, 15) is 9.59 Å². The Kier molecular flexibility index (Phi) is 7.25. The maximum atomic E-state index is 12.7. The number of benzene rings is 2. The second-order valence-electron chi connectivity index (χ2n) is 7.14. The Bertz CT molecular complexity index is 866. The summed E-state index contributed by atoms with van der Waals surface area (Å²) >= 11 is 0. The summed E-state index contributed by atoms with van der Waals surface area (Å²) in [6.07, 6.45) is 3.67. The number of fused-ring (bicyclic) bond motifs is 1. The van der Waals surface area contributed by atoms with Gasteiger partial charge in [0.1, 0.15) is 5.75 Å². The highest BCUT2D eigenvalue weighted by atomic mass is 16.5. The molecule has 0 bridgehead atoms. The van der Waals surface area contributed by atoms with Crippen LogP contribution >= 0.6 is 0 Å². The van der Waals surface area contributed by atoms with Gasteiger partial charge >= 0.3 is 0 Å². The van der Waals surface area contributed by atoms with Gasteiger partial charge in [-0.15, -0.1) is 0 Å². The topological polar surface area (TPSA) is 76.7 Å². The number of hydrogen-bond acceptors (Lipinski definition) is 4. The third-order valence-corrected chi connectivity index (χ3v) is 5.05. The van der Waals surface area contributed by atoms with Gasteiger partial charge in [0.05, 0.1) is 17.9 Å². The predicted octanol–water partition coefficient (Wildman–Crippen LogP) is 3.35. The van der Waals surface area contributed by atoms with Crippen molar-refractivity contribution in [3.8, 4) is 5.75 Å². The van der Waals surface area contributed by atoms with E-state index >= 15 is 0 Å². The van der Waals surface area contributed by atoms with E-state index in [-0.39, 0.29) is 11.8 Å². The summed E-state index contributed by atoms with van der Waals surface area (Å²) in [5.41, 5.74) is 3.37. The van der Waals surface area contributed by atoms with Gasteiger partial charge in [0.15, 0.2) is 6.10 Å². The Morgan fingerprint density at radius 1 is 1.07 bits per heavy atom. The quantitative estimate of drug-likeness (QED) is 0.671. The molecule has 0 aromatic heterocycles. The second kappa shape index (κ2) is 10.1.